The van der Waals surface area contributed by atoms with Crippen molar-refractivity contribution in [3.63, 3.8) is 0 Å². The molecular formula is C21H28N4S2. The van der Waals surface area contributed by atoms with Crippen LogP contribution in [0.15, 0.2) is 47.2 Å². The first-order valence-corrected chi connectivity index (χ1v) is 11.3. The molecular weight excluding hydrogens is 372 g/mol. The lowest BCUT2D eigenvalue weighted by Gasteiger charge is -2.18. The molecule has 0 atom stereocenters. The number of nitrogens with one attached hydrogen (secondary N) is 1. The summed E-state index contributed by atoms with van der Waals surface area (Å²) in [6.45, 7) is 12.7. The summed E-state index contributed by atoms with van der Waals surface area (Å²) in [4.78, 5) is 4.31. The van der Waals surface area contributed by atoms with Crippen molar-refractivity contribution in [2.75, 3.05) is 31.6 Å². The molecule has 0 unspecified atom stereocenters. The molecule has 0 amide bonds. The van der Waals surface area contributed by atoms with Gasteiger partial charge in [-0.1, -0.05) is 24.9 Å². The number of rotatable bonds is 8. The Morgan fingerprint density at radius 2 is 1.93 bits per heavy atom. The Hall–Kier alpha value is -1.63. The number of thioether (sulfide) groups is 2. The van der Waals surface area contributed by atoms with Crippen molar-refractivity contribution >= 4 is 45.2 Å². The van der Waals surface area contributed by atoms with E-state index in [0.29, 0.717) is 5.04 Å². The lowest BCUT2D eigenvalue weighted by Crippen LogP contribution is -2.24. The van der Waals surface area contributed by atoms with E-state index in [1.165, 1.54) is 66.1 Å². The minimum atomic E-state index is 0.503. The molecule has 3 rings (SSSR count). The van der Waals surface area contributed by atoms with Crippen molar-refractivity contribution in [2.45, 2.75) is 25.8 Å². The van der Waals surface area contributed by atoms with Crippen molar-refractivity contribution in [3.8, 4) is 0 Å². The second kappa shape index (κ2) is 9.04. The average molecular weight is 401 g/mol. The summed E-state index contributed by atoms with van der Waals surface area (Å²) in [6, 6.07) is 8.37. The fourth-order valence-electron chi connectivity index (χ4n) is 3.58. The van der Waals surface area contributed by atoms with Gasteiger partial charge in [0.15, 0.2) is 0 Å². The van der Waals surface area contributed by atoms with Crippen molar-refractivity contribution in [2.24, 2.45) is 0 Å². The maximum absolute atomic E-state index is 7.91. The lowest BCUT2D eigenvalue weighted by atomic mass is 10.2. The standard InChI is InChI=1S/C21H28N4S2/c1-15(27-16(2)21(23)26-3)12-19-14-17-13-18(22)6-7-20(17)25(19)11-10-24-8-4-5-9-24/h6-7,13-14,23H,1-2,4-5,8-12,22H2,3H3. The Bertz CT molecular complexity index is 862. The summed E-state index contributed by atoms with van der Waals surface area (Å²) in [6.07, 6.45) is 5.29. The number of anilines is 1. The van der Waals surface area contributed by atoms with E-state index in [1.54, 1.807) is 0 Å². The zero-order valence-corrected chi connectivity index (χ0v) is 17.6. The van der Waals surface area contributed by atoms with Gasteiger partial charge in [0.1, 0.15) is 5.04 Å². The van der Waals surface area contributed by atoms with Crippen LogP contribution in [0, 0.1) is 5.41 Å². The number of likely N-dealkylation sites (tertiary alicyclic amines) is 1. The van der Waals surface area contributed by atoms with Gasteiger partial charge in [0.05, 0.1) is 0 Å². The second-order valence-corrected chi connectivity index (χ2v) is 9.02. The predicted octanol–water partition coefficient (Wildman–Crippen LogP) is 4.96. The summed E-state index contributed by atoms with van der Waals surface area (Å²) in [5.41, 5.74) is 9.26. The quantitative estimate of drug-likeness (QED) is 0.373. The number of hydrogen-bond acceptors (Lipinski definition) is 5. The third-order valence-electron chi connectivity index (χ3n) is 4.95. The number of nitrogens with zero attached hydrogens (tertiary/aromatic N) is 2. The molecule has 0 aliphatic carbocycles. The first-order chi connectivity index (χ1) is 13.0. The summed E-state index contributed by atoms with van der Waals surface area (Å²) in [5, 5.41) is 9.59. The highest BCUT2D eigenvalue weighted by molar-refractivity contribution is 8.18. The smallest absolute Gasteiger partial charge is 0.100 e. The minimum absolute atomic E-state index is 0.503. The Morgan fingerprint density at radius 3 is 2.63 bits per heavy atom. The van der Waals surface area contributed by atoms with Crippen LogP contribution >= 0.6 is 23.5 Å². The maximum Gasteiger partial charge on any atom is 0.100 e. The average Bonchev–Trinajstić information content (AvgIpc) is 3.26. The van der Waals surface area contributed by atoms with E-state index in [4.69, 9.17) is 11.1 Å². The molecule has 0 saturated carbocycles. The molecule has 1 aromatic carbocycles. The molecule has 144 valence electrons. The number of fused-ring (bicyclic) bond motifs is 1. The van der Waals surface area contributed by atoms with E-state index in [9.17, 15) is 0 Å². The van der Waals surface area contributed by atoms with E-state index in [1.807, 2.05) is 18.4 Å². The van der Waals surface area contributed by atoms with Crippen LogP contribution in [0.25, 0.3) is 10.9 Å². The Labute approximate surface area is 170 Å². The number of nitrogens with two attached hydrogens (primary N) is 1. The summed E-state index contributed by atoms with van der Waals surface area (Å²) in [7, 11) is 0. The van der Waals surface area contributed by atoms with Crippen LogP contribution in [0.1, 0.15) is 18.5 Å². The topological polar surface area (TPSA) is 58.0 Å². The van der Waals surface area contributed by atoms with Crippen LogP contribution in [0.3, 0.4) is 0 Å². The van der Waals surface area contributed by atoms with E-state index in [2.05, 4.69) is 34.8 Å². The van der Waals surface area contributed by atoms with Crippen molar-refractivity contribution < 1.29 is 0 Å². The van der Waals surface area contributed by atoms with E-state index < -0.39 is 0 Å². The van der Waals surface area contributed by atoms with E-state index in [-0.39, 0.29) is 0 Å². The second-order valence-electron chi connectivity index (χ2n) is 6.93. The van der Waals surface area contributed by atoms with Gasteiger partial charge in [-0.05, 0) is 61.4 Å². The van der Waals surface area contributed by atoms with Gasteiger partial charge in [-0.25, -0.2) is 0 Å². The number of allylic oxidation sites excluding steroid dienone is 1. The molecule has 6 heteroatoms. The molecule has 1 aliphatic rings. The molecule has 0 radical (unpaired) electrons. The van der Waals surface area contributed by atoms with E-state index >= 15 is 0 Å². The zero-order valence-electron chi connectivity index (χ0n) is 16.0. The van der Waals surface area contributed by atoms with Gasteiger partial charge in [0.2, 0.25) is 0 Å². The molecule has 0 bridgehead atoms. The fourth-order valence-corrected chi connectivity index (χ4v) is 4.84. The van der Waals surface area contributed by atoms with Gasteiger partial charge < -0.3 is 15.2 Å². The van der Waals surface area contributed by atoms with Crippen LogP contribution in [0.5, 0.6) is 0 Å². The first kappa shape index (κ1) is 20.1. The molecule has 2 aromatic rings. The molecule has 1 aliphatic heterocycles. The van der Waals surface area contributed by atoms with Crippen molar-refractivity contribution in [1.29, 1.82) is 5.41 Å². The molecule has 1 fully saturated rings. The minimum Gasteiger partial charge on any atom is -0.399 e. The van der Waals surface area contributed by atoms with Crippen LogP contribution in [0.2, 0.25) is 0 Å². The van der Waals surface area contributed by atoms with Gasteiger partial charge in [0, 0.05) is 46.7 Å². The zero-order chi connectivity index (χ0) is 19.4. The number of hydrogen-bond donors (Lipinski definition) is 2. The highest BCUT2D eigenvalue weighted by atomic mass is 32.2. The number of benzene rings is 1. The van der Waals surface area contributed by atoms with Gasteiger partial charge in [-0.2, -0.15) is 0 Å². The maximum atomic E-state index is 7.91. The first-order valence-electron chi connectivity index (χ1n) is 9.25. The Balaban J connectivity index is 1.79. The third kappa shape index (κ3) is 5.00. The number of aromatic nitrogens is 1. The van der Waals surface area contributed by atoms with Gasteiger partial charge in [-0.15, -0.1) is 11.8 Å². The Morgan fingerprint density at radius 1 is 1.19 bits per heavy atom. The largest absolute Gasteiger partial charge is 0.399 e. The molecule has 27 heavy (non-hydrogen) atoms. The SMILES string of the molecule is C=C(Cc1cc2cc(N)ccc2n1CCN1CCCC1)SC(=C)C(=N)SC. The Kier molecular flexibility index (Phi) is 6.73. The van der Waals surface area contributed by atoms with Crippen LogP contribution in [-0.2, 0) is 13.0 Å². The summed E-state index contributed by atoms with van der Waals surface area (Å²) in [5.74, 6) is 0. The number of nitrogen functional groups attached to an aromatic ring is 1. The van der Waals surface area contributed by atoms with E-state index in [0.717, 1.165) is 35.0 Å². The summed E-state index contributed by atoms with van der Waals surface area (Å²) < 4.78 is 2.40. The van der Waals surface area contributed by atoms with Crippen molar-refractivity contribution in [1.82, 2.24) is 9.47 Å². The molecule has 3 N–H and O–H groups in total. The van der Waals surface area contributed by atoms with Gasteiger partial charge >= 0.3 is 0 Å². The fraction of sp³-hybridized carbons (Fsp3) is 0.381. The van der Waals surface area contributed by atoms with Gasteiger partial charge in [0.25, 0.3) is 0 Å². The molecule has 4 nitrogen and oxygen atoms in total. The van der Waals surface area contributed by atoms with Gasteiger partial charge in [-0.3, -0.25) is 5.41 Å². The summed E-state index contributed by atoms with van der Waals surface area (Å²) >= 11 is 2.92. The normalized spacial score (nSPS) is 14.7. The van der Waals surface area contributed by atoms with Crippen LogP contribution in [0.4, 0.5) is 5.69 Å². The van der Waals surface area contributed by atoms with Crippen LogP contribution < -0.4 is 5.73 Å². The monoisotopic (exact) mass is 400 g/mol. The molecule has 1 aromatic heterocycles. The highest BCUT2D eigenvalue weighted by Gasteiger charge is 2.15. The molecule has 1 saturated heterocycles. The predicted molar refractivity (Wildman–Crippen MR) is 123 cm³/mol. The molecule has 2 heterocycles. The third-order valence-corrected chi connectivity index (χ3v) is 6.62. The molecule has 0 spiro atoms. The lowest BCUT2D eigenvalue weighted by molar-refractivity contribution is 0.323. The van der Waals surface area contributed by atoms with Crippen molar-refractivity contribution in [3.05, 3.63) is 52.9 Å². The van der Waals surface area contributed by atoms with Crippen LogP contribution in [-0.4, -0.2) is 40.4 Å². The highest BCUT2D eigenvalue weighted by Crippen LogP contribution is 2.31.